The molecule has 0 aliphatic rings. The molecule has 0 bridgehead atoms. The molecular formula is C19H14F2N4O. The third-order valence-corrected chi connectivity index (χ3v) is 3.91. The van der Waals surface area contributed by atoms with Gasteiger partial charge in [0.25, 0.3) is 0 Å². The zero-order valence-corrected chi connectivity index (χ0v) is 13.9. The molecule has 0 N–H and O–H groups in total. The Morgan fingerprint density at radius 1 is 1.00 bits per heavy atom. The number of ether oxygens (including phenoxy) is 1. The molecule has 0 unspecified atom stereocenters. The molecule has 0 spiro atoms. The van der Waals surface area contributed by atoms with Gasteiger partial charge >= 0.3 is 0 Å². The number of nitrogens with zero attached hydrogens (tertiary/aromatic N) is 4. The highest BCUT2D eigenvalue weighted by Gasteiger charge is 2.08. The van der Waals surface area contributed by atoms with E-state index in [4.69, 9.17) is 4.74 Å². The van der Waals surface area contributed by atoms with Crippen molar-refractivity contribution in [2.45, 2.75) is 13.5 Å². The first kappa shape index (κ1) is 16.1. The van der Waals surface area contributed by atoms with Crippen molar-refractivity contribution in [1.29, 1.82) is 0 Å². The van der Waals surface area contributed by atoms with E-state index in [0.717, 1.165) is 11.1 Å². The quantitative estimate of drug-likeness (QED) is 0.522. The van der Waals surface area contributed by atoms with Gasteiger partial charge in [-0.05, 0) is 37.3 Å². The van der Waals surface area contributed by atoms with Crippen LogP contribution in [0.3, 0.4) is 0 Å². The van der Waals surface area contributed by atoms with Crippen LogP contribution in [-0.2, 0) is 6.61 Å². The van der Waals surface area contributed by atoms with Crippen molar-refractivity contribution in [3.8, 4) is 16.9 Å². The molecule has 130 valence electrons. The van der Waals surface area contributed by atoms with Crippen LogP contribution in [-0.4, -0.2) is 19.4 Å². The number of aryl methyl sites for hydroxylation is 1. The maximum Gasteiger partial charge on any atom is 0.234 e. The molecule has 7 heteroatoms. The predicted octanol–water partition coefficient (Wildman–Crippen LogP) is 3.96. The molecule has 5 nitrogen and oxygen atoms in total. The van der Waals surface area contributed by atoms with E-state index in [2.05, 4.69) is 15.0 Å². The minimum Gasteiger partial charge on any atom is -0.487 e. The number of imidazole rings is 1. The van der Waals surface area contributed by atoms with E-state index in [1.807, 2.05) is 6.20 Å². The van der Waals surface area contributed by atoms with Crippen LogP contribution in [0, 0.1) is 18.7 Å². The number of pyridine rings is 1. The van der Waals surface area contributed by atoms with Crippen LogP contribution in [0.1, 0.15) is 11.3 Å². The van der Waals surface area contributed by atoms with Crippen molar-refractivity contribution in [3.63, 3.8) is 0 Å². The number of hydrogen-bond acceptors (Lipinski definition) is 4. The Balaban J connectivity index is 1.57. The maximum absolute atomic E-state index is 13.3. The number of rotatable bonds is 4. The lowest BCUT2D eigenvalue weighted by Gasteiger charge is -2.03. The van der Waals surface area contributed by atoms with Gasteiger partial charge in [-0.3, -0.25) is 4.40 Å². The van der Waals surface area contributed by atoms with Gasteiger partial charge in [0.05, 0.1) is 5.69 Å². The third kappa shape index (κ3) is 3.23. The monoisotopic (exact) mass is 352 g/mol. The molecular weight excluding hydrogens is 338 g/mol. The Labute approximate surface area is 147 Å². The summed E-state index contributed by atoms with van der Waals surface area (Å²) in [6, 6.07) is 7.52. The second kappa shape index (κ2) is 6.51. The van der Waals surface area contributed by atoms with Crippen LogP contribution < -0.4 is 4.74 Å². The zero-order chi connectivity index (χ0) is 18.1. The van der Waals surface area contributed by atoms with E-state index in [1.54, 1.807) is 41.9 Å². The first-order chi connectivity index (χ1) is 12.6. The van der Waals surface area contributed by atoms with E-state index >= 15 is 0 Å². The number of halogens is 2. The number of aromatic nitrogens is 4. The first-order valence-electron chi connectivity index (χ1n) is 7.93. The SMILES string of the molecule is Cc1cc(-c2cnc3nc(COc4ccc(F)cc4)cn3c2)cnc1F. The molecule has 0 saturated heterocycles. The summed E-state index contributed by atoms with van der Waals surface area (Å²) in [6.07, 6.45) is 6.80. The van der Waals surface area contributed by atoms with Gasteiger partial charge in [-0.25, -0.2) is 19.3 Å². The van der Waals surface area contributed by atoms with Crippen LogP contribution in [0.25, 0.3) is 16.9 Å². The van der Waals surface area contributed by atoms with Gasteiger partial charge in [0.15, 0.2) is 0 Å². The summed E-state index contributed by atoms with van der Waals surface area (Å²) in [5.74, 6) is 0.293. The zero-order valence-electron chi connectivity index (χ0n) is 13.9. The Hall–Kier alpha value is -3.35. The van der Waals surface area contributed by atoms with E-state index in [0.29, 0.717) is 22.8 Å². The van der Waals surface area contributed by atoms with Crippen LogP contribution in [0.5, 0.6) is 5.75 Å². The Bertz CT molecular complexity index is 1080. The molecule has 3 aromatic heterocycles. The van der Waals surface area contributed by atoms with Gasteiger partial charge in [-0.2, -0.15) is 4.39 Å². The van der Waals surface area contributed by atoms with Gasteiger partial charge in [0.1, 0.15) is 18.2 Å². The maximum atomic E-state index is 13.3. The summed E-state index contributed by atoms with van der Waals surface area (Å²) in [6.45, 7) is 1.90. The van der Waals surface area contributed by atoms with Crippen LogP contribution in [0.2, 0.25) is 0 Å². The highest BCUT2D eigenvalue weighted by atomic mass is 19.1. The number of benzene rings is 1. The molecule has 3 heterocycles. The minimum absolute atomic E-state index is 0.238. The Morgan fingerprint density at radius 2 is 1.77 bits per heavy atom. The summed E-state index contributed by atoms with van der Waals surface area (Å²) in [5, 5.41) is 0. The van der Waals surface area contributed by atoms with Crippen molar-refractivity contribution in [2.75, 3.05) is 0 Å². The molecule has 0 atom stereocenters. The highest BCUT2D eigenvalue weighted by molar-refractivity contribution is 5.62. The molecule has 0 aliphatic heterocycles. The molecule has 26 heavy (non-hydrogen) atoms. The van der Waals surface area contributed by atoms with Gasteiger partial charge in [0, 0.05) is 41.5 Å². The van der Waals surface area contributed by atoms with E-state index in [1.165, 1.54) is 18.3 Å². The molecule has 0 fully saturated rings. The first-order valence-corrected chi connectivity index (χ1v) is 7.93. The Morgan fingerprint density at radius 3 is 2.54 bits per heavy atom. The summed E-state index contributed by atoms with van der Waals surface area (Å²) >= 11 is 0. The average Bonchev–Trinajstić information content (AvgIpc) is 3.05. The molecule has 0 aliphatic carbocycles. The fraction of sp³-hybridized carbons (Fsp3) is 0.105. The van der Waals surface area contributed by atoms with Crippen molar-refractivity contribution in [2.24, 2.45) is 0 Å². The summed E-state index contributed by atoms with van der Waals surface area (Å²) in [5.41, 5.74) is 2.74. The molecule has 0 radical (unpaired) electrons. The lowest BCUT2D eigenvalue weighted by Crippen LogP contribution is -1.95. The fourth-order valence-corrected chi connectivity index (χ4v) is 2.56. The van der Waals surface area contributed by atoms with Crippen LogP contribution in [0.4, 0.5) is 8.78 Å². The van der Waals surface area contributed by atoms with Crippen molar-refractivity contribution >= 4 is 5.78 Å². The van der Waals surface area contributed by atoms with E-state index in [9.17, 15) is 8.78 Å². The number of hydrogen-bond donors (Lipinski definition) is 0. The van der Waals surface area contributed by atoms with Gasteiger partial charge in [-0.1, -0.05) is 0 Å². The fourth-order valence-electron chi connectivity index (χ4n) is 2.56. The predicted molar refractivity (Wildman–Crippen MR) is 91.6 cm³/mol. The smallest absolute Gasteiger partial charge is 0.234 e. The molecule has 0 saturated carbocycles. The number of fused-ring (bicyclic) bond motifs is 1. The van der Waals surface area contributed by atoms with Crippen LogP contribution >= 0.6 is 0 Å². The topological polar surface area (TPSA) is 52.3 Å². The van der Waals surface area contributed by atoms with Crippen molar-refractivity contribution < 1.29 is 13.5 Å². The Kier molecular flexibility index (Phi) is 4.04. The van der Waals surface area contributed by atoms with Crippen molar-refractivity contribution in [1.82, 2.24) is 19.4 Å². The molecule has 1 aromatic carbocycles. The molecule has 0 amide bonds. The second-order valence-corrected chi connectivity index (χ2v) is 5.86. The van der Waals surface area contributed by atoms with Gasteiger partial charge < -0.3 is 4.74 Å². The van der Waals surface area contributed by atoms with Gasteiger partial charge in [-0.15, -0.1) is 0 Å². The molecule has 4 aromatic rings. The minimum atomic E-state index is -0.481. The lowest BCUT2D eigenvalue weighted by molar-refractivity contribution is 0.301. The lowest BCUT2D eigenvalue weighted by atomic mass is 10.1. The van der Waals surface area contributed by atoms with Crippen LogP contribution in [0.15, 0.2) is 55.1 Å². The van der Waals surface area contributed by atoms with E-state index < -0.39 is 5.95 Å². The normalized spacial score (nSPS) is 11.0. The summed E-state index contributed by atoms with van der Waals surface area (Å²) in [7, 11) is 0. The van der Waals surface area contributed by atoms with Crippen molar-refractivity contribution in [3.05, 3.63) is 78.1 Å². The second-order valence-electron chi connectivity index (χ2n) is 5.86. The summed E-state index contributed by atoms with van der Waals surface area (Å²) < 4.78 is 33.6. The van der Waals surface area contributed by atoms with Gasteiger partial charge in [0.2, 0.25) is 11.7 Å². The largest absolute Gasteiger partial charge is 0.487 e. The highest BCUT2D eigenvalue weighted by Crippen LogP contribution is 2.20. The summed E-state index contributed by atoms with van der Waals surface area (Å²) in [4.78, 5) is 12.5. The molecule has 4 rings (SSSR count). The third-order valence-electron chi connectivity index (χ3n) is 3.91. The average molecular weight is 352 g/mol. The van der Waals surface area contributed by atoms with E-state index in [-0.39, 0.29) is 12.4 Å². The standard InChI is InChI=1S/C19H14F2N4O/c1-12-6-13(7-22-18(12)21)14-8-23-19-24-16(10-25(19)9-14)11-26-17-4-2-15(20)3-5-17/h2-10H,11H2,1H3.